The van der Waals surface area contributed by atoms with Crippen LogP contribution in [0.5, 0.6) is 5.75 Å². The minimum atomic E-state index is -0.984. The van der Waals surface area contributed by atoms with E-state index in [1.807, 2.05) is 19.1 Å². The fraction of sp³-hybridized carbons (Fsp3) is 0.107. The predicted molar refractivity (Wildman–Crippen MR) is 136 cm³/mol. The van der Waals surface area contributed by atoms with Gasteiger partial charge in [-0.2, -0.15) is 5.26 Å². The molecule has 0 aliphatic rings. The fourth-order valence-corrected chi connectivity index (χ4v) is 3.41. The van der Waals surface area contributed by atoms with Crippen LogP contribution < -0.4 is 10.1 Å². The predicted octanol–water partition coefficient (Wildman–Crippen LogP) is 6.20. The third-order valence-corrected chi connectivity index (χ3v) is 5.56. The molecule has 0 radical (unpaired) electrons. The van der Waals surface area contributed by atoms with Gasteiger partial charge in [-0.05, 0) is 78.1 Å². The van der Waals surface area contributed by atoms with Crippen LogP contribution in [0.4, 0.5) is 5.69 Å². The molecule has 176 valence electrons. The van der Waals surface area contributed by atoms with Crippen LogP contribution in [0.2, 0.25) is 5.02 Å². The van der Waals surface area contributed by atoms with Gasteiger partial charge in [0.2, 0.25) is 0 Å². The zero-order valence-corrected chi connectivity index (χ0v) is 19.8. The number of nitriles is 1. The van der Waals surface area contributed by atoms with Crippen LogP contribution in [0.15, 0.2) is 78.9 Å². The molecule has 0 atom stereocenters. The number of nitrogens with zero attached hydrogens (tertiary/aromatic N) is 1. The molecule has 0 bridgehead atoms. The monoisotopic (exact) mass is 486 g/mol. The fourth-order valence-electron chi connectivity index (χ4n) is 3.23. The Morgan fingerprint density at radius 1 is 1.14 bits per heavy atom. The zero-order valence-electron chi connectivity index (χ0n) is 19.0. The molecule has 3 rings (SSSR count). The number of carboxylic acid groups (broad SMARTS) is 1. The van der Waals surface area contributed by atoms with Crippen molar-refractivity contribution in [3.8, 4) is 11.8 Å². The maximum atomic E-state index is 12.6. The van der Waals surface area contributed by atoms with Gasteiger partial charge in [-0.15, -0.1) is 6.58 Å². The Morgan fingerprint density at radius 3 is 2.51 bits per heavy atom. The minimum absolute atomic E-state index is 0.0570. The normalized spacial score (nSPS) is 10.8. The minimum Gasteiger partial charge on any atom is -0.489 e. The Kier molecular flexibility index (Phi) is 8.44. The van der Waals surface area contributed by atoms with Gasteiger partial charge >= 0.3 is 5.97 Å². The Morgan fingerprint density at radius 2 is 1.89 bits per heavy atom. The average Bonchev–Trinajstić information content (AvgIpc) is 2.84. The van der Waals surface area contributed by atoms with Crippen molar-refractivity contribution in [3.63, 3.8) is 0 Å². The van der Waals surface area contributed by atoms with E-state index in [9.17, 15) is 14.9 Å². The lowest BCUT2D eigenvalue weighted by Gasteiger charge is -2.12. The molecule has 1 amide bonds. The van der Waals surface area contributed by atoms with Crippen molar-refractivity contribution in [2.75, 3.05) is 5.32 Å². The second-order valence-electron chi connectivity index (χ2n) is 7.74. The first-order valence-electron chi connectivity index (χ1n) is 10.7. The number of amides is 1. The molecule has 0 fully saturated rings. The van der Waals surface area contributed by atoms with Gasteiger partial charge < -0.3 is 15.2 Å². The molecular weight excluding hydrogens is 464 g/mol. The highest BCUT2D eigenvalue weighted by Crippen LogP contribution is 2.25. The molecule has 0 spiro atoms. The molecule has 0 unspecified atom stereocenters. The number of allylic oxidation sites excluding steroid dienone is 1. The number of ether oxygens (including phenoxy) is 1. The van der Waals surface area contributed by atoms with Crippen molar-refractivity contribution in [1.82, 2.24) is 0 Å². The molecule has 0 aliphatic carbocycles. The van der Waals surface area contributed by atoms with Crippen LogP contribution in [-0.4, -0.2) is 17.0 Å². The molecule has 3 aromatic rings. The third kappa shape index (κ3) is 6.83. The number of aryl methyl sites for hydroxylation is 1. The topological polar surface area (TPSA) is 99.4 Å². The highest BCUT2D eigenvalue weighted by Gasteiger charge is 2.12. The number of halogens is 1. The summed E-state index contributed by atoms with van der Waals surface area (Å²) in [6.45, 7) is 5.90. The van der Waals surface area contributed by atoms with Gasteiger partial charge in [0.05, 0.1) is 5.56 Å². The first-order chi connectivity index (χ1) is 16.8. The Labute approximate surface area is 208 Å². The van der Waals surface area contributed by atoms with Crippen LogP contribution in [0, 0.1) is 18.3 Å². The number of nitrogens with one attached hydrogen (secondary N) is 1. The molecule has 6 nitrogen and oxygen atoms in total. The van der Waals surface area contributed by atoms with Crippen molar-refractivity contribution in [3.05, 3.63) is 112 Å². The maximum absolute atomic E-state index is 12.6. The molecule has 3 aromatic carbocycles. The molecule has 35 heavy (non-hydrogen) atoms. The molecule has 0 saturated heterocycles. The number of benzene rings is 3. The van der Waals surface area contributed by atoms with Gasteiger partial charge in [-0.3, -0.25) is 4.79 Å². The number of anilines is 1. The standard InChI is InChI=1S/C28H23ClN2O4/c1-3-4-22-13-20(8-12-26(22)35-17-19-6-9-21(10-7-19)28(33)34)14-23(16-30)27(32)31-24-11-5-18(2)25(29)15-24/h3,5-15H,1,4,17H2,2H3,(H,31,32)(H,33,34)/b23-14-. The van der Waals surface area contributed by atoms with Crippen LogP contribution >= 0.6 is 11.6 Å². The number of carbonyl (C=O) groups excluding carboxylic acids is 1. The number of hydrogen-bond acceptors (Lipinski definition) is 4. The van der Waals surface area contributed by atoms with E-state index in [1.165, 1.54) is 18.2 Å². The molecule has 0 saturated carbocycles. The second-order valence-corrected chi connectivity index (χ2v) is 8.15. The van der Waals surface area contributed by atoms with E-state index < -0.39 is 11.9 Å². The number of aromatic carboxylic acids is 1. The first-order valence-corrected chi connectivity index (χ1v) is 11.1. The quantitative estimate of drug-likeness (QED) is 0.213. The summed E-state index contributed by atoms with van der Waals surface area (Å²) in [5, 5.41) is 21.8. The number of carbonyl (C=O) groups is 2. The zero-order chi connectivity index (χ0) is 25.4. The average molecular weight is 487 g/mol. The Balaban J connectivity index is 1.77. The number of carboxylic acids is 1. The molecule has 0 aromatic heterocycles. The first kappa shape index (κ1) is 25.3. The van der Waals surface area contributed by atoms with E-state index >= 15 is 0 Å². The lowest BCUT2D eigenvalue weighted by Crippen LogP contribution is -2.13. The summed E-state index contributed by atoms with van der Waals surface area (Å²) >= 11 is 6.11. The molecule has 2 N–H and O–H groups in total. The summed E-state index contributed by atoms with van der Waals surface area (Å²) in [6, 6.07) is 18.9. The smallest absolute Gasteiger partial charge is 0.335 e. The lowest BCUT2D eigenvalue weighted by molar-refractivity contribution is -0.112. The molecule has 0 heterocycles. The van der Waals surface area contributed by atoms with Crippen molar-refractivity contribution in [2.45, 2.75) is 20.0 Å². The van der Waals surface area contributed by atoms with E-state index in [4.69, 9.17) is 21.4 Å². The van der Waals surface area contributed by atoms with Crippen LogP contribution in [-0.2, 0) is 17.8 Å². The summed E-state index contributed by atoms with van der Waals surface area (Å²) in [6.07, 6.45) is 3.76. The van der Waals surface area contributed by atoms with Gasteiger partial charge in [0.15, 0.2) is 0 Å². The van der Waals surface area contributed by atoms with Crippen molar-refractivity contribution in [1.29, 1.82) is 5.26 Å². The van der Waals surface area contributed by atoms with Crippen LogP contribution in [0.1, 0.15) is 32.6 Å². The number of hydrogen-bond donors (Lipinski definition) is 2. The largest absolute Gasteiger partial charge is 0.489 e. The lowest BCUT2D eigenvalue weighted by atomic mass is 10.0. The van der Waals surface area contributed by atoms with Crippen molar-refractivity contribution < 1.29 is 19.4 Å². The molecular formula is C28H23ClN2O4. The van der Waals surface area contributed by atoms with Crippen molar-refractivity contribution >= 4 is 35.2 Å². The summed E-state index contributed by atoms with van der Waals surface area (Å²) in [4.78, 5) is 23.6. The summed E-state index contributed by atoms with van der Waals surface area (Å²) in [5.41, 5.74) is 3.85. The van der Waals surface area contributed by atoms with Crippen LogP contribution in [0.25, 0.3) is 6.08 Å². The summed E-state index contributed by atoms with van der Waals surface area (Å²) < 4.78 is 5.94. The van der Waals surface area contributed by atoms with E-state index in [0.29, 0.717) is 28.4 Å². The molecule has 7 heteroatoms. The third-order valence-electron chi connectivity index (χ3n) is 5.15. The Bertz CT molecular complexity index is 1340. The van der Waals surface area contributed by atoms with Gasteiger partial charge in [0.25, 0.3) is 5.91 Å². The van der Waals surface area contributed by atoms with Gasteiger partial charge in [0.1, 0.15) is 24.0 Å². The van der Waals surface area contributed by atoms with Crippen molar-refractivity contribution in [2.24, 2.45) is 0 Å². The highest BCUT2D eigenvalue weighted by molar-refractivity contribution is 6.31. The Hall–Kier alpha value is -4.34. The van der Waals surface area contributed by atoms with Gasteiger partial charge in [0, 0.05) is 10.7 Å². The van der Waals surface area contributed by atoms with Gasteiger partial charge in [-0.25, -0.2) is 4.79 Å². The van der Waals surface area contributed by atoms with E-state index in [-0.39, 0.29) is 17.7 Å². The SMILES string of the molecule is C=CCc1cc(/C=C(/C#N)C(=O)Nc2ccc(C)c(Cl)c2)ccc1OCc1ccc(C(=O)O)cc1. The van der Waals surface area contributed by atoms with Gasteiger partial charge in [-0.1, -0.05) is 41.9 Å². The van der Waals surface area contributed by atoms with E-state index in [0.717, 1.165) is 16.7 Å². The maximum Gasteiger partial charge on any atom is 0.335 e. The summed E-state index contributed by atoms with van der Waals surface area (Å²) in [5.74, 6) is -0.896. The highest BCUT2D eigenvalue weighted by atomic mass is 35.5. The summed E-state index contributed by atoms with van der Waals surface area (Å²) in [7, 11) is 0. The molecule has 0 aliphatic heterocycles. The van der Waals surface area contributed by atoms with E-state index in [1.54, 1.807) is 48.5 Å². The van der Waals surface area contributed by atoms with E-state index in [2.05, 4.69) is 11.9 Å². The van der Waals surface area contributed by atoms with Crippen LogP contribution in [0.3, 0.4) is 0 Å². The number of rotatable bonds is 9. The second kappa shape index (κ2) is 11.7.